The molecule has 1 aromatic carbocycles. The van der Waals surface area contributed by atoms with Crippen LogP contribution in [0.25, 0.3) is 0 Å². The van der Waals surface area contributed by atoms with E-state index in [9.17, 15) is 4.79 Å². The number of benzene rings is 1. The summed E-state index contributed by atoms with van der Waals surface area (Å²) in [7, 11) is 0. The number of nitrogens with zero attached hydrogens (tertiary/aromatic N) is 1. The predicted octanol–water partition coefficient (Wildman–Crippen LogP) is 2.16. The molecule has 0 aliphatic carbocycles. The highest BCUT2D eigenvalue weighted by Gasteiger charge is 2.37. The third-order valence-corrected chi connectivity index (χ3v) is 3.78. The second-order valence-corrected chi connectivity index (χ2v) is 5.38. The summed E-state index contributed by atoms with van der Waals surface area (Å²) in [6, 6.07) is 6.23. The fourth-order valence-corrected chi connectivity index (χ4v) is 2.63. The minimum atomic E-state index is -0.137. The highest BCUT2D eigenvalue weighted by molar-refractivity contribution is 5.84. The molecule has 1 aliphatic rings. The van der Waals surface area contributed by atoms with Crippen molar-refractivity contribution in [1.29, 1.82) is 0 Å². The number of rotatable bonds is 5. The Hall–Kier alpha value is -1.39. The molecule has 1 fully saturated rings. The van der Waals surface area contributed by atoms with Crippen LogP contribution in [-0.4, -0.2) is 36.6 Å². The molecule has 1 heterocycles. The van der Waals surface area contributed by atoms with E-state index in [2.05, 4.69) is 37.4 Å². The quantitative estimate of drug-likeness (QED) is 0.838. The van der Waals surface area contributed by atoms with Crippen molar-refractivity contribution in [3.8, 4) is 0 Å². The predicted molar refractivity (Wildman–Crippen MR) is 79.5 cm³/mol. The number of carbonyl (C=O) groups is 1. The number of nitrogens with one attached hydrogen (secondary N) is 1. The molecule has 20 heavy (non-hydrogen) atoms. The maximum absolute atomic E-state index is 12.3. The highest BCUT2D eigenvalue weighted by atomic mass is 16.5. The molecule has 2 unspecified atom stereocenters. The Kier molecular flexibility index (Phi) is 4.78. The van der Waals surface area contributed by atoms with Crippen LogP contribution in [0.5, 0.6) is 0 Å². The molecule has 0 spiro atoms. The summed E-state index contributed by atoms with van der Waals surface area (Å²) in [5.41, 5.74) is 3.60. The molecule has 1 N–H and O–H groups in total. The normalized spacial score (nSPS) is 22.6. The van der Waals surface area contributed by atoms with Gasteiger partial charge in [0, 0.05) is 13.2 Å². The third-order valence-electron chi connectivity index (χ3n) is 3.78. The molecule has 1 saturated heterocycles. The Balaban J connectivity index is 2.23. The van der Waals surface area contributed by atoms with Gasteiger partial charge in [-0.05, 0) is 38.8 Å². The van der Waals surface area contributed by atoms with Gasteiger partial charge in [0.1, 0.15) is 6.17 Å². The van der Waals surface area contributed by atoms with Crippen molar-refractivity contribution in [2.45, 2.75) is 39.9 Å². The number of ether oxygens (including phenoxy) is 1. The smallest absolute Gasteiger partial charge is 0.241 e. The molecule has 110 valence electrons. The summed E-state index contributed by atoms with van der Waals surface area (Å²) >= 11 is 0. The van der Waals surface area contributed by atoms with E-state index in [-0.39, 0.29) is 18.1 Å². The first kappa shape index (κ1) is 15.0. The van der Waals surface area contributed by atoms with Crippen molar-refractivity contribution in [1.82, 2.24) is 10.2 Å². The van der Waals surface area contributed by atoms with Gasteiger partial charge in [-0.1, -0.05) is 23.8 Å². The van der Waals surface area contributed by atoms with E-state index >= 15 is 0 Å². The zero-order valence-corrected chi connectivity index (χ0v) is 12.8. The fourth-order valence-electron chi connectivity index (χ4n) is 2.63. The van der Waals surface area contributed by atoms with Gasteiger partial charge in [0.05, 0.1) is 12.6 Å². The molecule has 0 saturated carbocycles. The number of aryl methyl sites for hydroxylation is 2. The van der Waals surface area contributed by atoms with Gasteiger partial charge in [-0.25, -0.2) is 0 Å². The summed E-state index contributed by atoms with van der Waals surface area (Å²) in [4.78, 5) is 14.2. The van der Waals surface area contributed by atoms with Crippen molar-refractivity contribution in [2.75, 3.05) is 19.8 Å². The molecule has 1 amide bonds. The van der Waals surface area contributed by atoms with Crippen LogP contribution in [0.4, 0.5) is 0 Å². The standard InChI is InChI=1S/C16H24N2O2/c1-5-20-9-8-18-15(17-13(4)16(18)19)14-10-11(2)6-7-12(14)3/h6-7,10,13,15,17H,5,8-9H2,1-4H3. The first-order valence-electron chi connectivity index (χ1n) is 7.26. The Morgan fingerprint density at radius 1 is 1.35 bits per heavy atom. The van der Waals surface area contributed by atoms with E-state index in [4.69, 9.17) is 4.74 Å². The van der Waals surface area contributed by atoms with Gasteiger partial charge in [0.25, 0.3) is 0 Å². The molecule has 2 atom stereocenters. The summed E-state index contributed by atoms with van der Waals surface area (Å²) in [6.07, 6.45) is -0.0437. The minimum Gasteiger partial charge on any atom is -0.380 e. The molecular weight excluding hydrogens is 252 g/mol. The first-order valence-corrected chi connectivity index (χ1v) is 7.26. The average Bonchev–Trinajstić information content (AvgIpc) is 2.70. The fraction of sp³-hybridized carbons (Fsp3) is 0.562. The van der Waals surface area contributed by atoms with Gasteiger partial charge in [-0.15, -0.1) is 0 Å². The maximum Gasteiger partial charge on any atom is 0.241 e. The molecule has 4 nitrogen and oxygen atoms in total. The van der Waals surface area contributed by atoms with E-state index in [1.807, 2.05) is 18.7 Å². The molecule has 1 aromatic rings. The largest absolute Gasteiger partial charge is 0.380 e. The Labute approximate surface area is 121 Å². The van der Waals surface area contributed by atoms with Crippen molar-refractivity contribution < 1.29 is 9.53 Å². The van der Waals surface area contributed by atoms with Crippen LogP contribution in [0.15, 0.2) is 18.2 Å². The van der Waals surface area contributed by atoms with E-state index in [1.54, 1.807) is 0 Å². The number of carbonyl (C=O) groups excluding carboxylic acids is 1. The second kappa shape index (κ2) is 6.37. The zero-order valence-electron chi connectivity index (χ0n) is 12.8. The monoisotopic (exact) mass is 276 g/mol. The van der Waals surface area contributed by atoms with Gasteiger partial charge < -0.3 is 9.64 Å². The number of amides is 1. The van der Waals surface area contributed by atoms with Crippen LogP contribution in [0.3, 0.4) is 0 Å². The van der Waals surface area contributed by atoms with E-state index in [1.165, 1.54) is 16.7 Å². The molecule has 4 heteroatoms. The maximum atomic E-state index is 12.3. The lowest BCUT2D eigenvalue weighted by atomic mass is 10.0. The van der Waals surface area contributed by atoms with Crippen LogP contribution in [0.1, 0.15) is 36.7 Å². The van der Waals surface area contributed by atoms with Crippen LogP contribution >= 0.6 is 0 Å². The molecular formula is C16H24N2O2. The lowest BCUT2D eigenvalue weighted by Crippen LogP contribution is -2.34. The summed E-state index contributed by atoms with van der Waals surface area (Å²) in [5, 5.41) is 3.39. The second-order valence-electron chi connectivity index (χ2n) is 5.38. The summed E-state index contributed by atoms with van der Waals surface area (Å²) in [6.45, 7) is 9.94. The number of hydrogen-bond acceptors (Lipinski definition) is 3. The number of hydrogen-bond donors (Lipinski definition) is 1. The van der Waals surface area contributed by atoms with Gasteiger partial charge in [0.2, 0.25) is 5.91 Å². The SMILES string of the molecule is CCOCCN1C(=O)C(C)NC1c1cc(C)ccc1C. The Morgan fingerprint density at radius 3 is 2.80 bits per heavy atom. The van der Waals surface area contributed by atoms with Crippen LogP contribution in [-0.2, 0) is 9.53 Å². The van der Waals surface area contributed by atoms with E-state index in [0.29, 0.717) is 19.8 Å². The topological polar surface area (TPSA) is 41.6 Å². The molecule has 0 bridgehead atoms. The first-order chi connectivity index (χ1) is 9.54. The van der Waals surface area contributed by atoms with Crippen LogP contribution in [0, 0.1) is 13.8 Å². The van der Waals surface area contributed by atoms with Crippen LogP contribution < -0.4 is 5.32 Å². The minimum absolute atomic E-state index is 0.0437. The van der Waals surface area contributed by atoms with E-state index in [0.717, 1.165) is 0 Å². The van der Waals surface area contributed by atoms with Gasteiger partial charge in [-0.3, -0.25) is 10.1 Å². The molecule has 1 aliphatic heterocycles. The lowest BCUT2D eigenvalue weighted by molar-refractivity contribution is -0.130. The molecule has 0 radical (unpaired) electrons. The summed E-state index contributed by atoms with van der Waals surface area (Å²) in [5.74, 6) is 0.149. The van der Waals surface area contributed by atoms with Gasteiger partial charge in [-0.2, -0.15) is 0 Å². The van der Waals surface area contributed by atoms with Crippen molar-refractivity contribution in [3.63, 3.8) is 0 Å². The van der Waals surface area contributed by atoms with Crippen LogP contribution in [0.2, 0.25) is 0 Å². The molecule has 0 aromatic heterocycles. The Morgan fingerprint density at radius 2 is 2.10 bits per heavy atom. The van der Waals surface area contributed by atoms with Crippen molar-refractivity contribution in [2.24, 2.45) is 0 Å². The van der Waals surface area contributed by atoms with Crippen molar-refractivity contribution >= 4 is 5.91 Å². The van der Waals surface area contributed by atoms with Gasteiger partial charge in [0.15, 0.2) is 0 Å². The van der Waals surface area contributed by atoms with Gasteiger partial charge >= 0.3 is 0 Å². The Bertz CT molecular complexity index is 487. The summed E-state index contributed by atoms with van der Waals surface area (Å²) < 4.78 is 5.40. The zero-order chi connectivity index (χ0) is 14.7. The third kappa shape index (κ3) is 3.02. The molecule has 2 rings (SSSR count). The van der Waals surface area contributed by atoms with E-state index < -0.39 is 0 Å². The highest BCUT2D eigenvalue weighted by Crippen LogP contribution is 2.28. The average molecular weight is 276 g/mol. The van der Waals surface area contributed by atoms with Crippen molar-refractivity contribution in [3.05, 3.63) is 34.9 Å². The lowest BCUT2D eigenvalue weighted by Gasteiger charge is -2.26.